The van der Waals surface area contributed by atoms with Gasteiger partial charge in [0.2, 0.25) is 0 Å². The molecule has 332 valence electrons. The van der Waals surface area contributed by atoms with Crippen LogP contribution in [-0.2, 0) is 9.47 Å². The molecule has 0 spiro atoms. The van der Waals surface area contributed by atoms with E-state index in [1.54, 1.807) is 21.4 Å². The number of hydrogen-bond acceptors (Lipinski definition) is 10. The maximum atomic E-state index is 12.8. The van der Waals surface area contributed by atoms with Crippen LogP contribution in [0.3, 0.4) is 0 Å². The Labute approximate surface area is 368 Å². The van der Waals surface area contributed by atoms with E-state index in [0.717, 1.165) is 102 Å². The lowest BCUT2D eigenvalue weighted by Crippen LogP contribution is -2.26. The molecule has 0 bridgehead atoms. The van der Waals surface area contributed by atoms with Crippen LogP contribution in [0, 0.1) is 11.8 Å². The predicted molar refractivity (Wildman–Crippen MR) is 243 cm³/mol. The quantitative estimate of drug-likeness (QED) is 0.138. The summed E-state index contributed by atoms with van der Waals surface area (Å²) in [4.78, 5) is 42.7. The maximum Gasteiger partial charge on any atom is 0.276 e. The van der Waals surface area contributed by atoms with E-state index >= 15 is 0 Å². The Kier molecular flexibility index (Phi) is 15.1. The smallest absolute Gasteiger partial charge is 0.276 e. The van der Waals surface area contributed by atoms with Crippen LogP contribution in [0.2, 0.25) is 0 Å². The molecule has 4 saturated heterocycles. The number of likely N-dealkylation sites (tertiary alicyclic amines) is 1. The summed E-state index contributed by atoms with van der Waals surface area (Å²) in [6.45, 7) is 15.3. The number of benzene rings is 2. The third-order valence-corrected chi connectivity index (χ3v) is 13.3. The molecule has 2 aromatic carbocycles. The summed E-state index contributed by atoms with van der Waals surface area (Å²) in [5, 5.41) is 13.1. The summed E-state index contributed by atoms with van der Waals surface area (Å²) in [7, 11) is 0. The number of fused-ring (bicyclic) bond motifs is 2. The van der Waals surface area contributed by atoms with Crippen molar-refractivity contribution < 1.29 is 9.47 Å². The first-order valence-electron chi connectivity index (χ1n) is 22.0. The van der Waals surface area contributed by atoms with Gasteiger partial charge in [-0.15, -0.1) is 11.6 Å². The fraction of sp³-hybridized carbons (Fsp3) is 0.532. The molecule has 0 amide bonds. The van der Waals surface area contributed by atoms with Crippen molar-refractivity contribution >= 4 is 22.6 Å². The topological polar surface area (TPSA) is 160 Å². The molecule has 0 saturated carbocycles. The van der Waals surface area contributed by atoms with Crippen molar-refractivity contribution in [2.24, 2.45) is 11.8 Å². The predicted octanol–water partition coefficient (Wildman–Crippen LogP) is 7.37. The molecule has 4 aromatic heterocycles. The van der Waals surface area contributed by atoms with Gasteiger partial charge in [0, 0.05) is 75.8 Å². The summed E-state index contributed by atoms with van der Waals surface area (Å²) in [5.74, 6) is 5.25. The lowest BCUT2D eigenvalue weighted by atomic mass is 9.97. The van der Waals surface area contributed by atoms with Gasteiger partial charge in [0.05, 0.1) is 17.8 Å². The molecule has 0 radical (unpaired) electrons. The molecular formula is C47H63ClN10O4. The minimum Gasteiger partial charge on any atom is -0.381 e. The van der Waals surface area contributed by atoms with Gasteiger partial charge >= 0.3 is 0 Å². The number of aromatic nitrogens is 8. The molecule has 4 aliphatic rings. The molecule has 4 unspecified atom stereocenters. The van der Waals surface area contributed by atoms with Gasteiger partial charge in [0.15, 0.2) is 11.0 Å². The number of imidazole rings is 2. The Morgan fingerprint density at radius 3 is 1.60 bits per heavy atom. The number of nitrogens with one attached hydrogen (secondary N) is 3. The van der Waals surface area contributed by atoms with Crippen LogP contribution in [-0.4, -0.2) is 96.7 Å². The molecule has 4 fully saturated rings. The van der Waals surface area contributed by atoms with Crippen molar-refractivity contribution in [3.63, 3.8) is 0 Å². The van der Waals surface area contributed by atoms with Crippen molar-refractivity contribution in [1.82, 2.24) is 49.4 Å². The second-order valence-electron chi connectivity index (χ2n) is 17.2. The van der Waals surface area contributed by atoms with E-state index in [9.17, 15) is 9.59 Å². The molecule has 6 aromatic rings. The Morgan fingerprint density at radius 2 is 1.15 bits per heavy atom. The van der Waals surface area contributed by atoms with E-state index in [0.29, 0.717) is 40.7 Å². The van der Waals surface area contributed by atoms with Crippen molar-refractivity contribution in [2.75, 3.05) is 52.6 Å². The zero-order valence-corrected chi connectivity index (χ0v) is 36.4. The molecule has 8 heterocycles. The summed E-state index contributed by atoms with van der Waals surface area (Å²) >= 11 is 5.80. The Morgan fingerprint density at radius 1 is 0.661 bits per heavy atom. The van der Waals surface area contributed by atoms with Gasteiger partial charge in [0.25, 0.3) is 11.1 Å². The fourth-order valence-electron chi connectivity index (χ4n) is 9.18. The number of halogens is 1. The molecule has 14 nitrogen and oxygen atoms in total. The van der Waals surface area contributed by atoms with Gasteiger partial charge in [-0.2, -0.15) is 10.2 Å². The van der Waals surface area contributed by atoms with E-state index in [4.69, 9.17) is 31.3 Å². The van der Waals surface area contributed by atoms with Crippen LogP contribution >= 0.6 is 11.6 Å². The summed E-state index contributed by atoms with van der Waals surface area (Å²) in [6.07, 6.45) is 7.00. The van der Waals surface area contributed by atoms with E-state index in [1.807, 2.05) is 37.3 Å². The SMILES string of the molecule is C.CC1CN([C@H](C)c2ccccc2)CC1c1nn2c(C3CCOCC3)ncc2c(=O)[nH]1.CC1CNCC1c1nn2c(C3CCOCC3)ncc2c(=O)[nH]1.C[C@@H](Cl)c1ccccc1. The third-order valence-electron chi connectivity index (χ3n) is 13.0. The molecule has 15 heteroatoms. The number of H-pyrrole nitrogens is 2. The summed E-state index contributed by atoms with van der Waals surface area (Å²) in [6, 6.07) is 21.0. The average Bonchev–Trinajstić information content (AvgIpc) is 4.11. The zero-order chi connectivity index (χ0) is 42.5. The highest BCUT2D eigenvalue weighted by Gasteiger charge is 2.36. The van der Waals surface area contributed by atoms with Gasteiger partial charge in [-0.25, -0.2) is 19.0 Å². The lowest BCUT2D eigenvalue weighted by Gasteiger charge is -2.24. The first kappa shape index (κ1) is 45.3. The molecule has 3 N–H and O–H groups in total. The van der Waals surface area contributed by atoms with Crippen LogP contribution in [0.25, 0.3) is 11.0 Å². The highest BCUT2D eigenvalue weighted by atomic mass is 35.5. The number of nitrogens with zero attached hydrogens (tertiary/aromatic N) is 7. The minimum atomic E-state index is -0.104. The number of hydrogen-bond donors (Lipinski definition) is 3. The van der Waals surface area contributed by atoms with Gasteiger partial charge in [0.1, 0.15) is 23.3 Å². The van der Waals surface area contributed by atoms with Gasteiger partial charge < -0.3 is 24.8 Å². The number of alkyl halides is 1. The van der Waals surface area contributed by atoms with E-state index in [1.165, 1.54) is 11.1 Å². The lowest BCUT2D eigenvalue weighted by molar-refractivity contribution is 0.0831. The Hall–Kier alpha value is -4.73. The average molecular weight is 868 g/mol. The van der Waals surface area contributed by atoms with E-state index in [-0.39, 0.29) is 35.8 Å². The van der Waals surface area contributed by atoms with Crippen molar-refractivity contribution in [1.29, 1.82) is 0 Å². The van der Waals surface area contributed by atoms with Crippen LogP contribution in [0.5, 0.6) is 0 Å². The normalized spacial score (nSPS) is 23.2. The van der Waals surface area contributed by atoms with Crippen LogP contribution < -0.4 is 16.4 Å². The monoisotopic (exact) mass is 866 g/mol. The first-order chi connectivity index (χ1) is 29.7. The fourth-order valence-corrected chi connectivity index (χ4v) is 9.33. The van der Waals surface area contributed by atoms with Crippen LogP contribution in [0.15, 0.2) is 82.6 Å². The highest BCUT2D eigenvalue weighted by Crippen LogP contribution is 2.36. The standard InChI is InChI=1S/C23H29N5O2.C15H21N5O2.C8H9Cl.CH4/c1-15-13-27(16(2)17-6-4-3-5-7-17)14-19(15)21-25-23(29)20-12-24-22(28(20)26-21)18-8-10-30-11-9-18;1-9-6-16-7-11(9)13-18-15(21)12-8-17-14(20(12)19-13)10-2-4-22-5-3-10;1-7(9)8-5-3-2-4-6-8;/h3-7,12,15-16,18-19H,8-11,13-14H2,1-2H3,(H,25,26,29);8-11,16H,2-7H2,1H3,(H,18,19,21);2-7H,1H3;1H4/t15?,16-,19?;;7-;/m1.1./s1. The molecule has 4 aliphatic heterocycles. The van der Waals surface area contributed by atoms with Gasteiger partial charge in [-0.1, -0.05) is 81.9 Å². The van der Waals surface area contributed by atoms with Crippen molar-refractivity contribution in [3.8, 4) is 0 Å². The number of aromatic amines is 2. The largest absolute Gasteiger partial charge is 0.381 e. The second-order valence-corrected chi connectivity index (χ2v) is 17.8. The Balaban J connectivity index is 0.000000158. The highest BCUT2D eigenvalue weighted by molar-refractivity contribution is 6.20. The van der Waals surface area contributed by atoms with Crippen molar-refractivity contribution in [2.45, 2.75) is 95.9 Å². The molecule has 10 rings (SSSR count). The van der Waals surface area contributed by atoms with Crippen LogP contribution in [0.1, 0.15) is 130 Å². The molecule has 0 aliphatic carbocycles. The summed E-state index contributed by atoms with van der Waals surface area (Å²) < 4.78 is 14.5. The number of ether oxygens (including phenoxy) is 2. The first-order valence-corrected chi connectivity index (χ1v) is 22.4. The van der Waals surface area contributed by atoms with Crippen molar-refractivity contribution in [3.05, 3.63) is 128 Å². The Bertz CT molecular complexity index is 2460. The molecule has 62 heavy (non-hydrogen) atoms. The second kappa shape index (κ2) is 20.6. The minimum absolute atomic E-state index is 0. The van der Waals surface area contributed by atoms with Gasteiger partial charge in [-0.3, -0.25) is 14.5 Å². The van der Waals surface area contributed by atoms with Gasteiger partial charge in [-0.05, 0) is 69.0 Å². The van der Waals surface area contributed by atoms with E-state index < -0.39 is 0 Å². The molecular weight excluding hydrogens is 804 g/mol. The zero-order valence-electron chi connectivity index (χ0n) is 35.7. The maximum absolute atomic E-state index is 12.8. The van der Waals surface area contributed by atoms with E-state index in [2.05, 4.69) is 81.3 Å². The third kappa shape index (κ3) is 10.0. The van der Waals surface area contributed by atoms with Crippen LogP contribution in [0.4, 0.5) is 0 Å². The number of rotatable bonds is 7. The summed E-state index contributed by atoms with van der Waals surface area (Å²) in [5.41, 5.74) is 3.35. The molecule has 6 atom stereocenters.